The molecule has 1 saturated carbocycles. The quantitative estimate of drug-likeness (QED) is 0.234. The van der Waals surface area contributed by atoms with E-state index in [2.05, 4.69) is 46.8 Å². The maximum atomic E-state index is 12.6. The number of likely N-dealkylation sites (tertiary alicyclic amines) is 1. The van der Waals surface area contributed by atoms with Gasteiger partial charge < -0.3 is 20.3 Å². The van der Waals surface area contributed by atoms with Gasteiger partial charge in [0.15, 0.2) is 5.96 Å². The summed E-state index contributed by atoms with van der Waals surface area (Å²) >= 11 is 0. The summed E-state index contributed by atoms with van der Waals surface area (Å²) in [7, 11) is 1.79. The molecule has 30 heavy (non-hydrogen) atoms. The number of rotatable bonds is 8. The van der Waals surface area contributed by atoms with Crippen molar-refractivity contribution in [1.29, 1.82) is 0 Å². The fourth-order valence-electron chi connectivity index (χ4n) is 4.27. The average Bonchev–Trinajstić information content (AvgIpc) is 3.44. The molecule has 1 aromatic carbocycles. The number of amides is 1. The first-order chi connectivity index (χ1) is 14.2. The number of ether oxygens (including phenoxy) is 1. The van der Waals surface area contributed by atoms with Crippen LogP contribution in [-0.4, -0.2) is 49.6 Å². The highest BCUT2D eigenvalue weighted by atomic mass is 127. The number of nitrogens with zero attached hydrogens (tertiary/aromatic N) is 2. The Labute approximate surface area is 198 Å². The van der Waals surface area contributed by atoms with E-state index in [0.717, 1.165) is 51.3 Å². The summed E-state index contributed by atoms with van der Waals surface area (Å²) in [5.41, 5.74) is 2.43. The maximum absolute atomic E-state index is 12.6. The SMILES string of the molecule is CCCOCc1ccccc1CNC(=NC)NC1CCN(C(=O)C2CCCC2)C1.I. The normalized spacial score (nSPS) is 19.6. The van der Waals surface area contributed by atoms with Crippen molar-refractivity contribution in [2.75, 3.05) is 26.7 Å². The zero-order valence-corrected chi connectivity index (χ0v) is 20.7. The second-order valence-corrected chi connectivity index (χ2v) is 8.14. The van der Waals surface area contributed by atoms with Crippen LogP contribution in [0, 0.1) is 5.92 Å². The Morgan fingerprint density at radius 2 is 1.93 bits per heavy atom. The summed E-state index contributed by atoms with van der Waals surface area (Å²) in [5.74, 6) is 1.41. The van der Waals surface area contributed by atoms with Gasteiger partial charge in [0, 0.05) is 45.2 Å². The van der Waals surface area contributed by atoms with E-state index >= 15 is 0 Å². The Kier molecular flexibility index (Phi) is 10.9. The number of carbonyl (C=O) groups is 1. The van der Waals surface area contributed by atoms with E-state index < -0.39 is 0 Å². The van der Waals surface area contributed by atoms with E-state index in [9.17, 15) is 4.79 Å². The highest BCUT2D eigenvalue weighted by Crippen LogP contribution is 2.27. The molecule has 1 amide bonds. The van der Waals surface area contributed by atoms with Gasteiger partial charge in [-0.05, 0) is 36.8 Å². The van der Waals surface area contributed by atoms with Crippen LogP contribution in [0.4, 0.5) is 0 Å². The Hall–Kier alpha value is -1.35. The summed E-state index contributed by atoms with van der Waals surface area (Å²) < 4.78 is 5.72. The molecule has 7 heteroatoms. The van der Waals surface area contributed by atoms with Gasteiger partial charge in [-0.25, -0.2) is 0 Å². The molecule has 1 heterocycles. The topological polar surface area (TPSA) is 66.0 Å². The van der Waals surface area contributed by atoms with E-state index in [1.165, 1.54) is 24.0 Å². The molecule has 2 fully saturated rings. The van der Waals surface area contributed by atoms with Crippen LogP contribution >= 0.6 is 24.0 Å². The minimum atomic E-state index is 0. The Morgan fingerprint density at radius 1 is 1.20 bits per heavy atom. The Bertz CT molecular complexity index is 692. The number of hydrogen-bond donors (Lipinski definition) is 2. The fraction of sp³-hybridized carbons (Fsp3) is 0.652. The van der Waals surface area contributed by atoms with Gasteiger partial charge >= 0.3 is 0 Å². The van der Waals surface area contributed by atoms with E-state index in [4.69, 9.17) is 4.74 Å². The van der Waals surface area contributed by atoms with Gasteiger partial charge in [-0.1, -0.05) is 44.0 Å². The maximum Gasteiger partial charge on any atom is 0.225 e. The minimum absolute atomic E-state index is 0. The van der Waals surface area contributed by atoms with Crippen molar-refractivity contribution in [3.05, 3.63) is 35.4 Å². The van der Waals surface area contributed by atoms with Gasteiger partial charge in [-0.15, -0.1) is 24.0 Å². The van der Waals surface area contributed by atoms with Gasteiger partial charge in [0.2, 0.25) is 5.91 Å². The average molecular weight is 528 g/mol. The molecule has 2 N–H and O–H groups in total. The van der Waals surface area contributed by atoms with Gasteiger partial charge in [0.05, 0.1) is 6.61 Å². The van der Waals surface area contributed by atoms with Crippen LogP contribution in [-0.2, 0) is 22.7 Å². The molecule has 1 atom stereocenters. The first-order valence-electron chi connectivity index (χ1n) is 11.1. The van der Waals surface area contributed by atoms with Crippen molar-refractivity contribution in [2.24, 2.45) is 10.9 Å². The van der Waals surface area contributed by atoms with Crippen LogP contribution in [0.1, 0.15) is 56.6 Å². The van der Waals surface area contributed by atoms with Crippen LogP contribution in [0.3, 0.4) is 0 Å². The molecule has 1 saturated heterocycles. The van der Waals surface area contributed by atoms with Crippen molar-refractivity contribution in [1.82, 2.24) is 15.5 Å². The lowest BCUT2D eigenvalue weighted by Gasteiger charge is -2.21. The zero-order valence-electron chi connectivity index (χ0n) is 18.4. The molecule has 1 aliphatic carbocycles. The molecule has 2 aliphatic rings. The fourth-order valence-corrected chi connectivity index (χ4v) is 4.27. The molecule has 3 rings (SSSR count). The third kappa shape index (κ3) is 7.11. The standard InChI is InChI=1S/C23H36N4O2.HI/c1-3-14-29-17-20-11-7-6-10-19(20)15-25-23(24-2)26-21-12-13-27(16-21)22(28)18-8-4-5-9-18;/h6-7,10-11,18,21H,3-5,8-9,12-17H2,1-2H3,(H2,24,25,26);1H. The molecule has 6 nitrogen and oxygen atoms in total. The van der Waals surface area contributed by atoms with E-state index in [1.54, 1.807) is 7.05 Å². The number of halogens is 1. The smallest absolute Gasteiger partial charge is 0.225 e. The van der Waals surface area contributed by atoms with Crippen molar-refractivity contribution in [2.45, 2.75) is 64.6 Å². The lowest BCUT2D eigenvalue weighted by molar-refractivity contribution is -0.134. The predicted molar refractivity (Wildman–Crippen MR) is 132 cm³/mol. The van der Waals surface area contributed by atoms with Gasteiger partial charge in [0.1, 0.15) is 0 Å². The van der Waals surface area contributed by atoms with Crippen LogP contribution in [0.15, 0.2) is 29.3 Å². The van der Waals surface area contributed by atoms with Gasteiger partial charge in [-0.3, -0.25) is 9.79 Å². The molecule has 0 bridgehead atoms. The number of carbonyl (C=O) groups excluding carboxylic acids is 1. The van der Waals surface area contributed by atoms with E-state index in [-0.39, 0.29) is 35.9 Å². The van der Waals surface area contributed by atoms with Crippen molar-refractivity contribution >= 4 is 35.8 Å². The number of hydrogen-bond acceptors (Lipinski definition) is 3. The molecular formula is C23H37IN4O2. The Balaban J connectivity index is 0.00000320. The van der Waals surface area contributed by atoms with Gasteiger partial charge in [-0.2, -0.15) is 0 Å². The first-order valence-corrected chi connectivity index (χ1v) is 11.1. The van der Waals surface area contributed by atoms with Crippen molar-refractivity contribution < 1.29 is 9.53 Å². The third-order valence-corrected chi connectivity index (χ3v) is 5.94. The van der Waals surface area contributed by atoms with Crippen LogP contribution < -0.4 is 10.6 Å². The molecule has 0 radical (unpaired) electrons. The van der Waals surface area contributed by atoms with Crippen LogP contribution in [0.2, 0.25) is 0 Å². The molecule has 1 aromatic rings. The minimum Gasteiger partial charge on any atom is -0.377 e. The van der Waals surface area contributed by atoms with Crippen LogP contribution in [0.25, 0.3) is 0 Å². The van der Waals surface area contributed by atoms with E-state index in [1.807, 2.05) is 4.90 Å². The number of aliphatic imine (C=N–C) groups is 1. The molecular weight excluding hydrogens is 491 g/mol. The molecule has 1 aliphatic heterocycles. The Morgan fingerprint density at radius 3 is 2.63 bits per heavy atom. The zero-order chi connectivity index (χ0) is 20.5. The highest BCUT2D eigenvalue weighted by Gasteiger charge is 2.32. The molecule has 0 aromatic heterocycles. The third-order valence-electron chi connectivity index (χ3n) is 5.94. The highest BCUT2D eigenvalue weighted by molar-refractivity contribution is 14.0. The summed E-state index contributed by atoms with van der Waals surface area (Å²) in [6, 6.07) is 8.61. The van der Waals surface area contributed by atoms with Crippen LogP contribution in [0.5, 0.6) is 0 Å². The lowest BCUT2D eigenvalue weighted by Crippen LogP contribution is -2.45. The number of guanidine groups is 1. The van der Waals surface area contributed by atoms with Crippen molar-refractivity contribution in [3.63, 3.8) is 0 Å². The number of nitrogens with one attached hydrogen (secondary N) is 2. The first kappa shape index (κ1) is 24.9. The predicted octanol–water partition coefficient (Wildman–Crippen LogP) is 3.69. The largest absolute Gasteiger partial charge is 0.377 e. The van der Waals surface area contributed by atoms with Crippen molar-refractivity contribution in [3.8, 4) is 0 Å². The van der Waals surface area contributed by atoms with Gasteiger partial charge in [0.25, 0.3) is 0 Å². The number of benzene rings is 1. The summed E-state index contributed by atoms with van der Waals surface area (Å²) in [6.45, 7) is 5.86. The van der Waals surface area contributed by atoms with E-state index in [0.29, 0.717) is 19.1 Å². The molecule has 1 unspecified atom stereocenters. The molecule has 168 valence electrons. The monoisotopic (exact) mass is 528 g/mol. The second-order valence-electron chi connectivity index (χ2n) is 8.14. The summed E-state index contributed by atoms with van der Waals surface area (Å²) in [5, 5.41) is 6.92. The summed E-state index contributed by atoms with van der Waals surface area (Å²) in [4.78, 5) is 19.1. The summed E-state index contributed by atoms with van der Waals surface area (Å²) in [6.07, 6.45) is 6.54. The second kappa shape index (κ2) is 13.1. The molecule has 0 spiro atoms. The lowest BCUT2D eigenvalue weighted by atomic mass is 10.1.